The lowest BCUT2D eigenvalue weighted by molar-refractivity contribution is -0.0249. The highest BCUT2D eigenvalue weighted by Gasteiger charge is 2.30. The van der Waals surface area contributed by atoms with Gasteiger partial charge in [-0.05, 0) is 39.3 Å². The zero-order chi connectivity index (χ0) is 15.3. The second kappa shape index (κ2) is 7.39. The minimum atomic E-state index is 0.0499. The maximum atomic E-state index is 12.5. The minimum Gasteiger partial charge on any atom is -0.377 e. The van der Waals surface area contributed by atoms with Crippen molar-refractivity contribution in [1.82, 2.24) is 9.88 Å². The lowest BCUT2D eigenvalue weighted by Gasteiger charge is -2.38. The monoisotopic (exact) mass is 278 g/mol. The number of aryl methyl sites for hydroxylation is 2. The third-order valence-electron chi connectivity index (χ3n) is 3.49. The van der Waals surface area contributed by atoms with Gasteiger partial charge in [0.05, 0.1) is 30.9 Å². The molecule has 1 fully saturated rings. The Bertz CT molecular complexity index is 450. The first kappa shape index (κ1) is 16.6. The molecule has 0 spiro atoms. The number of nitrogens with zero attached hydrogens (tertiary/aromatic N) is 2. The van der Waals surface area contributed by atoms with Crippen LogP contribution in [0.4, 0.5) is 0 Å². The van der Waals surface area contributed by atoms with Crippen molar-refractivity contribution in [1.29, 1.82) is 0 Å². The highest BCUT2D eigenvalue weighted by atomic mass is 16.5. The van der Waals surface area contributed by atoms with Crippen LogP contribution in [0.3, 0.4) is 0 Å². The normalized spacial score (nSPS) is 22.0. The summed E-state index contributed by atoms with van der Waals surface area (Å²) in [7, 11) is 0. The number of carbonyl (C=O) groups is 1. The second-order valence-corrected chi connectivity index (χ2v) is 5.07. The summed E-state index contributed by atoms with van der Waals surface area (Å²) < 4.78 is 5.44. The molecule has 2 rings (SSSR count). The predicted molar refractivity (Wildman–Crippen MR) is 81.0 cm³/mol. The van der Waals surface area contributed by atoms with Crippen molar-refractivity contribution < 1.29 is 9.53 Å². The number of ether oxygens (including phenoxy) is 1. The fourth-order valence-corrected chi connectivity index (χ4v) is 2.31. The van der Waals surface area contributed by atoms with Gasteiger partial charge in [0.25, 0.3) is 5.91 Å². The molecule has 1 amide bonds. The number of hydrogen-bond donors (Lipinski definition) is 0. The van der Waals surface area contributed by atoms with Gasteiger partial charge in [0, 0.05) is 11.9 Å². The maximum Gasteiger partial charge on any atom is 0.256 e. The van der Waals surface area contributed by atoms with Gasteiger partial charge in [0.15, 0.2) is 0 Å². The van der Waals surface area contributed by atoms with Gasteiger partial charge in [-0.2, -0.15) is 0 Å². The Morgan fingerprint density at radius 1 is 1.25 bits per heavy atom. The van der Waals surface area contributed by atoms with E-state index in [1.807, 2.05) is 52.5 Å². The van der Waals surface area contributed by atoms with Gasteiger partial charge in [0.2, 0.25) is 0 Å². The van der Waals surface area contributed by atoms with Gasteiger partial charge in [-0.3, -0.25) is 9.78 Å². The smallest absolute Gasteiger partial charge is 0.256 e. The Labute approximate surface area is 122 Å². The van der Waals surface area contributed by atoms with E-state index in [1.54, 1.807) is 6.20 Å². The first-order chi connectivity index (χ1) is 9.50. The van der Waals surface area contributed by atoms with E-state index in [1.165, 1.54) is 0 Å². The van der Waals surface area contributed by atoms with E-state index >= 15 is 0 Å². The number of pyridine rings is 1. The molecule has 0 aliphatic carbocycles. The molecule has 20 heavy (non-hydrogen) atoms. The van der Waals surface area contributed by atoms with Crippen molar-refractivity contribution >= 4 is 5.91 Å². The average Bonchev–Trinajstić information content (AvgIpc) is 2.43. The first-order valence-corrected chi connectivity index (χ1v) is 7.34. The largest absolute Gasteiger partial charge is 0.377 e. The molecule has 4 heteroatoms. The molecule has 0 bridgehead atoms. The maximum absolute atomic E-state index is 12.5. The van der Waals surface area contributed by atoms with E-state index in [9.17, 15) is 4.79 Å². The zero-order valence-corrected chi connectivity index (χ0v) is 13.4. The molecule has 1 aromatic rings. The fraction of sp³-hybridized carbons (Fsp3) is 0.625. The van der Waals surface area contributed by atoms with Crippen LogP contribution in [-0.4, -0.2) is 41.1 Å². The molecular weight excluding hydrogens is 252 g/mol. The molecule has 0 radical (unpaired) electrons. The minimum absolute atomic E-state index is 0.0499. The van der Waals surface area contributed by atoms with Crippen LogP contribution in [0.5, 0.6) is 0 Å². The molecule has 2 heterocycles. The SMILES string of the molecule is CC.Cc1cc(C(=O)N2C(C)COCC2C)cnc1C. The van der Waals surface area contributed by atoms with Crippen molar-refractivity contribution in [2.45, 2.75) is 53.6 Å². The van der Waals surface area contributed by atoms with Crippen LogP contribution in [0.25, 0.3) is 0 Å². The summed E-state index contributed by atoms with van der Waals surface area (Å²) in [4.78, 5) is 18.7. The van der Waals surface area contributed by atoms with Crippen LogP contribution in [0, 0.1) is 13.8 Å². The van der Waals surface area contributed by atoms with Crippen molar-refractivity contribution in [3.63, 3.8) is 0 Å². The summed E-state index contributed by atoms with van der Waals surface area (Å²) in [5.41, 5.74) is 2.68. The van der Waals surface area contributed by atoms with Crippen LogP contribution in [0.2, 0.25) is 0 Å². The molecule has 1 aliphatic rings. The molecule has 112 valence electrons. The second-order valence-electron chi connectivity index (χ2n) is 5.07. The van der Waals surface area contributed by atoms with E-state index in [0.717, 1.165) is 11.3 Å². The number of carbonyl (C=O) groups excluding carboxylic acids is 1. The third-order valence-corrected chi connectivity index (χ3v) is 3.49. The standard InChI is InChI=1S/C14H20N2O2.C2H6/c1-9-5-13(6-15-12(9)4)14(17)16-10(2)7-18-8-11(16)3;1-2/h5-6,10-11H,7-8H2,1-4H3;1-2H3. The molecule has 1 aliphatic heterocycles. The summed E-state index contributed by atoms with van der Waals surface area (Å²) >= 11 is 0. The Balaban J connectivity index is 0.000000956. The average molecular weight is 278 g/mol. The molecule has 4 nitrogen and oxygen atoms in total. The van der Waals surface area contributed by atoms with Crippen molar-refractivity contribution in [2.24, 2.45) is 0 Å². The van der Waals surface area contributed by atoms with Gasteiger partial charge in [-0.25, -0.2) is 0 Å². The summed E-state index contributed by atoms with van der Waals surface area (Å²) in [6.45, 7) is 13.2. The topological polar surface area (TPSA) is 42.4 Å². The molecule has 2 atom stereocenters. The van der Waals surface area contributed by atoms with E-state index in [0.29, 0.717) is 18.8 Å². The highest BCUT2D eigenvalue weighted by molar-refractivity contribution is 5.94. The molecule has 1 saturated heterocycles. The van der Waals surface area contributed by atoms with E-state index in [2.05, 4.69) is 4.98 Å². The van der Waals surface area contributed by atoms with Gasteiger partial charge >= 0.3 is 0 Å². The molecule has 0 saturated carbocycles. The summed E-state index contributed by atoms with van der Waals surface area (Å²) in [6.07, 6.45) is 1.67. The summed E-state index contributed by atoms with van der Waals surface area (Å²) in [5.74, 6) is 0.0499. The summed E-state index contributed by atoms with van der Waals surface area (Å²) in [6, 6.07) is 2.14. The molecular formula is C16H26N2O2. The molecule has 0 aromatic carbocycles. The number of hydrogen-bond acceptors (Lipinski definition) is 3. The Kier molecular flexibility index (Phi) is 6.14. The molecule has 2 unspecified atom stereocenters. The number of morpholine rings is 1. The van der Waals surface area contributed by atoms with Crippen molar-refractivity contribution in [2.75, 3.05) is 13.2 Å². The quantitative estimate of drug-likeness (QED) is 0.793. The third kappa shape index (κ3) is 3.57. The summed E-state index contributed by atoms with van der Waals surface area (Å²) in [5, 5.41) is 0. The molecule has 0 N–H and O–H groups in total. The van der Waals surface area contributed by atoms with Gasteiger partial charge in [-0.1, -0.05) is 13.8 Å². The lowest BCUT2D eigenvalue weighted by Crippen LogP contribution is -2.52. The van der Waals surface area contributed by atoms with Crippen LogP contribution in [0.15, 0.2) is 12.3 Å². The Hall–Kier alpha value is -1.42. The van der Waals surface area contributed by atoms with E-state index in [4.69, 9.17) is 4.74 Å². The van der Waals surface area contributed by atoms with E-state index < -0.39 is 0 Å². The number of rotatable bonds is 1. The van der Waals surface area contributed by atoms with Crippen LogP contribution in [-0.2, 0) is 4.74 Å². The van der Waals surface area contributed by atoms with Crippen LogP contribution < -0.4 is 0 Å². The van der Waals surface area contributed by atoms with Gasteiger partial charge in [0.1, 0.15) is 0 Å². The highest BCUT2D eigenvalue weighted by Crippen LogP contribution is 2.18. The van der Waals surface area contributed by atoms with E-state index in [-0.39, 0.29) is 18.0 Å². The lowest BCUT2D eigenvalue weighted by atomic mass is 10.1. The van der Waals surface area contributed by atoms with Gasteiger partial charge in [-0.15, -0.1) is 0 Å². The first-order valence-electron chi connectivity index (χ1n) is 7.34. The number of aromatic nitrogens is 1. The zero-order valence-electron chi connectivity index (χ0n) is 13.4. The Morgan fingerprint density at radius 2 is 1.80 bits per heavy atom. The molecule has 1 aromatic heterocycles. The van der Waals surface area contributed by atoms with Gasteiger partial charge < -0.3 is 9.64 Å². The van der Waals surface area contributed by atoms with Crippen molar-refractivity contribution in [3.05, 3.63) is 29.1 Å². The van der Waals surface area contributed by atoms with Crippen LogP contribution in [0.1, 0.15) is 49.3 Å². The number of amides is 1. The predicted octanol–water partition coefficient (Wildman–Crippen LogP) is 2.97. The van der Waals surface area contributed by atoms with Crippen molar-refractivity contribution in [3.8, 4) is 0 Å². The Morgan fingerprint density at radius 3 is 2.30 bits per heavy atom. The fourth-order valence-electron chi connectivity index (χ4n) is 2.31. The van der Waals surface area contributed by atoms with Crippen LogP contribution >= 0.6 is 0 Å².